The lowest BCUT2D eigenvalue weighted by atomic mass is 10.2. The van der Waals surface area contributed by atoms with E-state index in [0.717, 1.165) is 11.3 Å². The van der Waals surface area contributed by atoms with Crippen molar-refractivity contribution in [3.8, 4) is 0 Å². The Labute approximate surface area is 104 Å². The van der Waals surface area contributed by atoms with Crippen molar-refractivity contribution >= 4 is 15.8 Å². The van der Waals surface area contributed by atoms with E-state index in [9.17, 15) is 0 Å². The van der Waals surface area contributed by atoms with Gasteiger partial charge in [-0.2, -0.15) is 0 Å². The molecule has 0 amide bonds. The lowest BCUT2D eigenvalue weighted by Crippen LogP contribution is -2.06. The second-order valence-electron chi connectivity index (χ2n) is 5.48. The number of hydrogen-bond donors (Lipinski definition) is 0. The van der Waals surface area contributed by atoms with Crippen LogP contribution in [0.15, 0.2) is 0 Å². The fourth-order valence-electron chi connectivity index (χ4n) is 3.56. The molecule has 0 aromatic rings. The second kappa shape index (κ2) is 6.70. The third kappa shape index (κ3) is 3.20. The third-order valence-corrected chi connectivity index (χ3v) is 11.7. The average Bonchev–Trinajstić information content (AvgIpc) is 2.94. The van der Waals surface area contributed by atoms with Gasteiger partial charge in [0.25, 0.3) is 0 Å². The van der Waals surface area contributed by atoms with E-state index in [0.29, 0.717) is 15.8 Å². The second-order valence-corrected chi connectivity index (χ2v) is 11.1. The maximum absolute atomic E-state index is 2.42. The SMILES string of the molecule is CCC1CCCP1CCP1CCCC1CC. The summed E-state index contributed by atoms with van der Waals surface area (Å²) in [6.07, 6.45) is 15.7. The topological polar surface area (TPSA) is 0 Å². The highest BCUT2D eigenvalue weighted by Gasteiger charge is 2.29. The molecule has 4 atom stereocenters. The van der Waals surface area contributed by atoms with Gasteiger partial charge in [-0.15, -0.1) is 15.8 Å². The molecular weight excluding hydrogens is 230 g/mol. The molecular formula is C14H28P2. The molecule has 16 heavy (non-hydrogen) atoms. The Hall–Kier alpha value is 0.860. The molecule has 0 aromatic carbocycles. The molecule has 2 fully saturated rings. The van der Waals surface area contributed by atoms with E-state index in [1.54, 1.807) is 50.3 Å². The maximum atomic E-state index is 2.42. The summed E-state index contributed by atoms with van der Waals surface area (Å²) in [6.45, 7) is 4.84. The Morgan fingerprint density at radius 2 is 1.25 bits per heavy atom. The quantitative estimate of drug-likeness (QED) is 0.602. The van der Waals surface area contributed by atoms with Crippen molar-refractivity contribution in [2.75, 3.05) is 24.6 Å². The van der Waals surface area contributed by atoms with E-state index >= 15 is 0 Å². The van der Waals surface area contributed by atoms with Crippen LogP contribution in [0.2, 0.25) is 0 Å². The predicted molar refractivity (Wildman–Crippen MR) is 79.9 cm³/mol. The molecule has 4 unspecified atom stereocenters. The summed E-state index contributed by atoms with van der Waals surface area (Å²) in [4.78, 5) is 0. The van der Waals surface area contributed by atoms with Crippen LogP contribution in [-0.4, -0.2) is 36.0 Å². The summed E-state index contributed by atoms with van der Waals surface area (Å²) < 4.78 is 0. The maximum Gasteiger partial charge on any atom is -0.0212 e. The molecule has 2 heteroatoms. The van der Waals surface area contributed by atoms with Crippen molar-refractivity contribution in [3.63, 3.8) is 0 Å². The number of hydrogen-bond acceptors (Lipinski definition) is 0. The van der Waals surface area contributed by atoms with Gasteiger partial charge in [-0.25, -0.2) is 0 Å². The molecule has 0 bridgehead atoms. The molecule has 2 rings (SSSR count). The Morgan fingerprint density at radius 1 is 0.812 bits per heavy atom. The van der Waals surface area contributed by atoms with Crippen LogP contribution in [0, 0.1) is 0 Å². The average molecular weight is 258 g/mol. The molecule has 2 heterocycles. The summed E-state index contributed by atoms with van der Waals surface area (Å²) in [5.41, 5.74) is 2.32. The monoisotopic (exact) mass is 258 g/mol. The lowest BCUT2D eigenvalue weighted by Gasteiger charge is -2.24. The van der Waals surface area contributed by atoms with Crippen molar-refractivity contribution in [2.24, 2.45) is 0 Å². The molecule has 2 saturated heterocycles. The lowest BCUT2D eigenvalue weighted by molar-refractivity contribution is 0.754. The molecule has 2 aliphatic rings. The van der Waals surface area contributed by atoms with Crippen LogP contribution in [0.3, 0.4) is 0 Å². The van der Waals surface area contributed by atoms with Gasteiger partial charge >= 0.3 is 0 Å². The largest absolute Gasteiger partial charge is 0.103 e. The summed E-state index contributed by atoms with van der Waals surface area (Å²) in [6, 6.07) is 0. The van der Waals surface area contributed by atoms with Gasteiger partial charge in [-0.3, -0.25) is 0 Å². The fraction of sp³-hybridized carbons (Fsp3) is 1.00. The summed E-state index contributed by atoms with van der Waals surface area (Å²) in [5.74, 6) is 0. The highest BCUT2D eigenvalue weighted by molar-refractivity contribution is 7.62. The van der Waals surface area contributed by atoms with Crippen LogP contribution in [0.25, 0.3) is 0 Å². The Bertz CT molecular complexity index is 183. The van der Waals surface area contributed by atoms with E-state index < -0.39 is 0 Å². The highest BCUT2D eigenvalue weighted by atomic mass is 31.1. The van der Waals surface area contributed by atoms with Crippen LogP contribution >= 0.6 is 15.8 Å². The molecule has 0 N–H and O–H groups in total. The Balaban J connectivity index is 1.74. The summed E-state index contributed by atoms with van der Waals surface area (Å²) in [7, 11) is 0.935. The van der Waals surface area contributed by atoms with Crippen molar-refractivity contribution < 1.29 is 0 Å². The van der Waals surface area contributed by atoms with Crippen molar-refractivity contribution in [1.82, 2.24) is 0 Å². The van der Waals surface area contributed by atoms with Gasteiger partial charge in [-0.1, -0.05) is 13.8 Å². The van der Waals surface area contributed by atoms with Crippen LogP contribution in [-0.2, 0) is 0 Å². The first-order valence-electron chi connectivity index (χ1n) is 7.33. The van der Waals surface area contributed by atoms with Crippen molar-refractivity contribution in [3.05, 3.63) is 0 Å². The molecule has 0 aliphatic carbocycles. The number of rotatable bonds is 5. The first kappa shape index (κ1) is 13.3. The van der Waals surface area contributed by atoms with Crippen LogP contribution in [0.1, 0.15) is 52.4 Å². The van der Waals surface area contributed by atoms with E-state index in [4.69, 9.17) is 0 Å². The standard InChI is InChI=1S/C14H28P2/c1-3-13-7-5-9-15(13)11-12-16-10-6-8-14(16)4-2/h13-14H,3-12H2,1-2H3. The van der Waals surface area contributed by atoms with Gasteiger partial charge in [0.15, 0.2) is 0 Å². The zero-order valence-corrected chi connectivity index (χ0v) is 12.9. The van der Waals surface area contributed by atoms with Gasteiger partial charge < -0.3 is 0 Å². The van der Waals surface area contributed by atoms with Gasteiger partial charge in [0.1, 0.15) is 0 Å². The first-order valence-corrected chi connectivity index (χ1v) is 10.9. The summed E-state index contributed by atoms with van der Waals surface area (Å²) >= 11 is 0. The molecule has 0 aromatic heterocycles. The minimum absolute atomic E-state index is 0.467. The van der Waals surface area contributed by atoms with Gasteiger partial charge in [0.05, 0.1) is 0 Å². The summed E-state index contributed by atoms with van der Waals surface area (Å²) in [5, 5.41) is 0. The minimum Gasteiger partial charge on any atom is -0.103 e. The van der Waals surface area contributed by atoms with Crippen molar-refractivity contribution in [1.29, 1.82) is 0 Å². The van der Waals surface area contributed by atoms with Crippen LogP contribution < -0.4 is 0 Å². The van der Waals surface area contributed by atoms with Crippen molar-refractivity contribution in [2.45, 2.75) is 63.7 Å². The van der Waals surface area contributed by atoms with Crippen LogP contribution in [0.4, 0.5) is 0 Å². The van der Waals surface area contributed by atoms with Crippen LogP contribution in [0.5, 0.6) is 0 Å². The van der Waals surface area contributed by atoms with Gasteiger partial charge in [0.2, 0.25) is 0 Å². The molecule has 0 saturated carbocycles. The van der Waals surface area contributed by atoms with E-state index in [2.05, 4.69) is 13.8 Å². The molecule has 0 radical (unpaired) electrons. The minimum atomic E-state index is 0.467. The predicted octanol–water partition coefficient (Wildman–Crippen LogP) is 5.10. The first-order chi connectivity index (χ1) is 7.85. The van der Waals surface area contributed by atoms with Gasteiger partial charge in [0, 0.05) is 0 Å². The van der Waals surface area contributed by atoms with E-state index in [-0.39, 0.29) is 0 Å². The zero-order valence-electron chi connectivity index (χ0n) is 11.1. The smallest absolute Gasteiger partial charge is 0.0212 e. The normalized spacial score (nSPS) is 39.4. The molecule has 0 nitrogen and oxygen atoms in total. The molecule has 2 aliphatic heterocycles. The Morgan fingerprint density at radius 3 is 1.62 bits per heavy atom. The third-order valence-electron chi connectivity index (χ3n) is 4.62. The zero-order chi connectivity index (χ0) is 11.4. The molecule has 94 valence electrons. The molecule has 0 spiro atoms. The highest BCUT2D eigenvalue weighted by Crippen LogP contribution is 2.57. The fourth-order valence-corrected chi connectivity index (χ4v) is 10.8. The Kier molecular flexibility index (Phi) is 5.57. The van der Waals surface area contributed by atoms with E-state index in [1.165, 1.54) is 12.8 Å². The van der Waals surface area contributed by atoms with Gasteiger partial charge in [-0.05, 0) is 74.5 Å². The van der Waals surface area contributed by atoms with E-state index in [1.807, 2.05) is 0 Å².